The molecule has 0 aliphatic carbocycles. The molecule has 47 heavy (non-hydrogen) atoms. The Morgan fingerprint density at radius 2 is 1.04 bits per heavy atom. The van der Waals surface area contributed by atoms with Gasteiger partial charge in [-0.2, -0.15) is 0 Å². The average molecular weight is 663 g/mol. The summed E-state index contributed by atoms with van der Waals surface area (Å²) in [4.78, 5) is 24.3. The van der Waals surface area contributed by atoms with Crippen molar-refractivity contribution in [2.24, 2.45) is 0 Å². The minimum atomic E-state index is -0.945. The van der Waals surface area contributed by atoms with Crippen molar-refractivity contribution < 1.29 is 34.4 Å². The highest BCUT2D eigenvalue weighted by atomic mass is 16.6. The van der Waals surface area contributed by atoms with Crippen LogP contribution in [0.2, 0.25) is 0 Å². The van der Waals surface area contributed by atoms with E-state index >= 15 is 0 Å². The Morgan fingerprint density at radius 3 is 1.55 bits per heavy atom. The SMILES string of the molecule is CC/C=C\C/C=C\C/C=C\C/C=C\C[C@@H](O)[C@H](O)CCCC(=O)O[C@@H](CO)COC(=O)CCCCCCCCCCCCCCCC. The normalized spacial score (nSPS) is 14.1. The lowest BCUT2D eigenvalue weighted by Gasteiger charge is -2.17. The molecule has 0 radical (unpaired) electrons. The Kier molecular flexibility index (Phi) is 33.4. The van der Waals surface area contributed by atoms with E-state index in [2.05, 4.69) is 50.3 Å². The van der Waals surface area contributed by atoms with Crippen molar-refractivity contribution in [3.05, 3.63) is 48.6 Å². The summed E-state index contributed by atoms with van der Waals surface area (Å²) >= 11 is 0. The Balaban J connectivity index is 3.84. The van der Waals surface area contributed by atoms with Gasteiger partial charge in [0, 0.05) is 12.8 Å². The standard InChI is InChI=1S/C40H70O7/c1-3-5-7-9-11-13-15-17-18-20-22-24-26-28-32-39(44)46-35-36(34-41)47-40(45)33-29-31-38(43)37(42)30-27-25-23-21-19-16-14-12-10-8-6-4-2/h6,8,12,14,19,21,25,27,36-38,41-43H,3-5,7,9-11,13,15-18,20,22-24,26,28-35H2,1-2H3/b8-6-,14-12-,21-19-,27-25-/t36-,37+,38+/m0/s1. The highest BCUT2D eigenvalue weighted by Gasteiger charge is 2.18. The molecule has 0 spiro atoms. The molecule has 3 atom stereocenters. The zero-order valence-electron chi connectivity index (χ0n) is 30.0. The molecule has 0 fully saturated rings. The molecule has 0 aromatic carbocycles. The molecular weight excluding hydrogens is 592 g/mol. The van der Waals surface area contributed by atoms with E-state index in [1.54, 1.807) is 0 Å². The molecule has 272 valence electrons. The highest BCUT2D eigenvalue weighted by molar-refractivity contribution is 5.70. The molecule has 0 aromatic rings. The molecule has 0 heterocycles. The summed E-state index contributed by atoms with van der Waals surface area (Å²) in [5.74, 6) is -0.878. The molecule has 0 unspecified atom stereocenters. The third-order valence-electron chi connectivity index (χ3n) is 8.09. The third-order valence-corrected chi connectivity index (χ3v) is 8.09. The first kappa shape index (κ1) is 44.8. The molecule has 3 N–H and O–H groups in total. The molecule has 0 rings (SSSR count). The number of carbonyl (C=O) groups excluding carboxylic acids is 2. The second-order valence-corrected chi connectivity index (χ2v) is 12.6. The first-order chi connectivity index (χ1) is 22.9. The van der Waals surface area contributed by atoms with Gasteiger partial charge in [-0.05, 0) is 51.4 Å². The summed E-state index contributed by atoms with van der Waals surface area (Å²) in [6.07, 6.45) is 36.3. The van der Waals surface area contributed by atoms with E-state index in [0.29, 0.717) is 19.3 Å². The quantitative estimate of drug-likeness (QED) is 0.0364. The van der Waals surface area contributed by atoms with Gasteiger partial charge in [0.1, 0.15) is 6.61 Å². The minimum absolute atomic E-state index is 0.0389. The summed E-state index contributed by atoms with van der Waals surface area (Å²) in [6.45, 7) is 3.77. The number of hydrogen-bond donors (Lipinski definition) is 3. The summed E-state index contributed by atoms with van der Waals surface area (Å²) < 4.78 is 10.4. The van der Waals surface area contributed by atoms with Crippen LogP contribution in [0.4, 0.5) is 0 Å². The van der Waals surface area contributed by atoms with Crippen molar-refractivity contribution in [2.45, 2.75) is 180 Å². The van der Waals surface area contributed by atoms with Gasteiger partial charge in [0.15, 0.2) is 6.10 Å². The molecule has 0 saturated carbocycles. The molecule has 0 amide bonds. The van der Waals surface area contributed by atoms with E-state index in [4.69, 9.17) is 9.47 Å². The number of allylic oxidation sites excluding steroid dienone is 7. The third kappa shape index (κ3) is 32.1. The Labute approximate surface area is 287 Å². The van der Waals surface area contributed by atoms with Crippen LogP contribution in [0.25, 0.3) is 0 Å². The van der Waals surface area contributed by atoms with Gasteiger partial charge in [-0.15, -0.1) is 0 Å². The van der Waals surface area contributed by atoms with Crippen LogP contribution < -0.4 is 0 Å². The smallest absolute Gasteiger partial charge is 0.306 e. The van der Waals surface area contributed by atoms with Crippen LogP contribution in [0.15, 0.2) is 48.6 Å². The largest absolute Gasteiger partial charge is 0.462 e. The second-order valence-electron chi connectivity index (χ2n) is 12.6. The summed E-state index contributed by atoms with van der Waals surface area (Å²) in [7, 11) is 0. The number of ether oxygens (including phenoxy) is 2. The Bertz CT molecular complexity index is 832. The van der Waals surface area contributed by atoms with E-state index in [1.807, 2.05) is 12.2 Å². The van der Waals surface area contributed by atoms with Crippen molar-refractivity contribution in [1.82, 2.24) is 0 Å². The molecule has 0 bridgehead atoms. The van der Waals surface area contributed by atoms with E-state index in [9.17, 15) is 24.9 Å². The van der Waals surface area contributed by atoms with Gasteiger partial charge in [-0.3, -0.25) is 9.59 Å². The average Bonchev–Trinajstić information content (AvgIpc) is 3.07. The van der Waals surface area contributed by atoms with Gasteiger partial charge < -0.3 is 24.8 Å². The maximum atomic E-state index is 12.2. The van der Waals surface area contributed by atoms with Crippen molar-refractivity contribution >= 4 is 11.9 Å². The molecular formula is C40H70O7. The molecule has 7 heteroatoms. The monoisotopic (exact) mass is 663 g/mol. The van der Waals surface area contributed by atoms with Crippen molar-refractivity contribution in [3.8, 4) is 0 Å². The number of aliphatic hydroxyl groups excluding tert-OH is 3. The number of unbranched alkanes of at least 4 members (excludes halogenated alkanes) is 13. The van der Waals surface area contributed by atoms with Gasteiger partial charge in [0.05, 0.1) is 18.8 Å². The van der Waals surface area contributed by atoms with Crippen molar-refractivity contribution in [1.29, 1.82) is 0 Å². The van der Waals surface area contributed by atoms with Crippen LogP contribution >= 0.6 is 0 Å². The van der Waals surface area contributed by atoms with Crippen LogP contribution in [0.5, 0.6) is 0 Å². The van der Waals surface area contributed by atoms with Crippen LogP contribution in [0, 0.1) is 0 Å². The van der Waals surface area contributed by atoms with Gasteiger partial charge in [-0.25, -0.2) is 0 Å². The van der Waals surface area contributed by atoms with Crippen LogP contribution in [-0.4, -0.2) is 58.8 Å². The maximum absolute atomic E-state index is 12.2. The van der Waals surface area contributed by atoms with Crippen LogP contribution in [-0.2, 0) is 19.1 Å². The molecule has 0 aliphatic heterocycles. The molecule has 7 nitrogen and oxygen atoms in total. The Morgan fingerprint density at radius 1 is 0.574 bits per heavy atom. The lowest BCUT2D eigenvalue weighted by atomic mass is 10.0. The van der Waals surface area contributed by atoms with Crippen molar-refractivity contribution in [2.75, 3.05) is 13.2 Å². The number of rotatable bonds is 33. The van der Waals surface area contributed by atoms with Gasteiger partial charge in [0.2, 0.25) is 0 Å². The second kappa shape index (κ2) is 35.1. The first-order valence-electron chi connectivity index (χ1n) is 18.9. The lowest BCUT2D eigenvalue weighted by molar-refractivity contribution is -0.161. The minimum Gasteiger partial charge on any atom is -0.462 e. The van der Waals surface area contributed by atoms with Crippen LogP contribution in [0.1, 0.15) is 162 Å². The fourth-order valence-corrected chi connectivity index (χ4v) is 5.11. The summed E-state index contributed by atoms with van der Waals surface area (Å²) in [5.41, 5.74) is 0. The fourth-order valence-electron chi connectivity index (χ4n) is 5.11. The first-order valence-corrected chi connectivity index (χ1v) is 18.9. The zero-order valence-corrected chi connectivity index (χ0v) is 30.0. The van der Waals surface area contributed by atoms with E-state index in [1.165, 1.54) is 70.6 Å². The Hall–Kier alpha value is -2.22. The van der Waals surface area contributed by atoms with Gasteiger partial charge in [-0.1, -0.05) is 146 Å². The zero-order chi connectivity index (χ0) is 34.6. The van der Waals surface area contributed by atoms with Gasteiger partial charge >= 0.3 is 11.9 Å². The maximum Gasteiger partial charge on any atom is 0.306 e. The van der Waals surface area contributed by atoms with E-state index in [0.717, 1.165) is 44.9 Å². The van der Waals surface area contributed by atoms with Crippen LogP contribution in [0.3, 0.4) is 0 Å². The molecule has 0 saturated heterocycles. The number of hydrogen-bond acceptors (Lipinski definition) is 7. The predicted octanol–water partition coefficient (Wildman–Crippen LogP) is 9.39. The van der Waals surface area contributed by atoms with Crippen molar-refractivity contribution in [3.63, 3.8) is 0 Å². The van der Waals surface area contributed by atoms with Gasteiger partial charge in [0.25, 0.3) is 0 Å². The summed E-state index contributed by atoms with van der Waals surface area (Å²) in [5, 5.41) is 30.0. The lowest BCUT2D eigenvalue weighted by Crippen LogP contribution is -2.29. The molecule has 0 aromatic heterocycles. The number of carbonyl (C=O) groups is 2. The molecule has 0 aliphatic rings. The van der Waals surface area contributed by atoms with E-state index < -0.39 is 30.9 Å². The topological polar surface area (TPSA) is 113 Å². The fraction of sp³-hybridized carbons (Fsp3) is 0.750. The predicted molar refractivity (Wildman–Crippen MR) is 194 cm³/mol. The highest BCUT2D eigenvalue weighted by Crippen LogP contribution is 2.14. The van der Waals surface area contributed by atoms with E-state index in [-0.39, 0.29) is 25.4 Å². The number of aliphatic hydroxyl groups is 3. The number of esters is 2. The summed E-state index contributed by atoms with van der Waals surface area (Å²) in [6, 6.07) is 0.